The summed E-state index contributed by atoms with van der Waals surface area (Å²) in [7, 11) is 1.89. The lowest BCUT2D eigenvalue weighted by atomic mass is 9.99. The first-order valence-corrected chi connectivity index (χ1v) is 8.58. The molecule has 0 bridgehead atoms. The molecule has 0 saturated carbocycles. The van der Waals surface area contributed by atoms with Crippen LogP contribution in [0.5, 0.6) is 0 Å². The number of benzene rings is 2. The Balaban J connectivity index is 2.29. The van der Waals surface area contributed by atoms with Crippen LogP contribution in [0.15, 0.2) is 47.5 Å². The number of anilines is 1. The molecule has 5 heteroatoms. The van der Waals surface area contributed by atoms with E-state index < -0.39 is 0 Å². The van der Waals surface area contributed by atoms with Crippen molar-refractivity contribution in [3.05, 3.63) is 58.6 Å². The number of amides is 1. The normalized spacial score (nSPS) is 14.2. The molecule has 25 heavy (non-hydrogen) atoms. The van der Waals surface area contributed by atoms with E-state index in [2.05, 4.69) is 11.7 Å². The van der Waals surface area contributed by atoms with Crippen LogP contribution in [-0.4, -0.2) is 42.5 Å². The molecule has 0 saturated heterocycles. The maximum atomic E-state index is 12.7. The third kappa shape index (κ3) is 3.22. The minimum atomic E-state index is -0.0194. The highest BCUT2D eigenvalue weighted by atomic mass is 35.5. The standard InChI is InChI=1S/C20H21ClN3O/c1-13(2)24-18-10-9-14(23(3)4)11-16(18)20(22-12-19(24)25)15-7-5-6-8-17(15)21/h5-11,13H,3,12H2,1-2,4H3/q+1. The molecule has 0 fully saturated rings. The van der Waals surface area contributed by atoms with E-state index in [-0.39, 0.29) is 18.5 Å². The monoisotopic (exact) mass is 354 g/mol. The summed E-state index contributed by atoms with van der Waals surface area (Å²) in [5.74, 6) is -0.0194. The molecule has 0 aromatic heterocycles. The van der Waals surface area contributed by atoms with Gasteiger partial charge < -0.3 is 4.90 Å². The van der Waals surface area contributed by atoms with Gasteiger partial charge in [-0.05, 0) is 26.0 Å². The SMILES string of the molecule is C=[N+](C)c1ccc2c(c1)C(c1ccccc1Cl)=NCC(=O)N2C(C)C. The maximum absolute atomic E-state index is 12.7. The second-order valence-electron chi connectivity index (χ2n) is 6.40. The summed E-state index contributed by atoms with van der Waals surface area (Å²) in [6.07, 6.45) is 0. The van der Waals surface area contributed by atoms with Crippen LogP contribution in [-0.2, 0) is 4.79 Å². The Bertz CT molecular complexity index is 886. The van der Waals surface area contributed by atoms with E-state index in [0.29, 0.717) is 5.02 Å². The molecule has 0 aliphatic carbocycles. The van der Waals surface area contributed by atoms with Crippen LogP contribution >= 0.6 is 11.6 Å². The first-order valence-electron chi connectivity index (χ1n) is 8.20. The van der Waals surface area contributed by atoms with Crippen molar-refractivity contribution in [1.29, 1.82) is 0 Å². The summed E-state index contributed by atoms with van der Waals surface area (Å²) in [6, 6.07) is 13.5. The molecule has 0 atom stereocenters. The fourth-order valence-electron chi connectivity index (χ4n) is 3.05. The molecule has 3 rings (SSSR count). The zero-order valence-corrected chi connectivity index (χ0v) is 15.4. The van der Waals surface area contributed by atoms with Crippen molar-refractivity contribution < 1.29 is 9.37 Å². The number of hydrogen-bond donors (Lipinski definition) is 0. The quantitative estimate of drug-likeness (QED) is 0.608. The molecule has 1 aliphatic rings. The average Bonchev–Trinajstić information content (AvgIpc) is 2.71. The van der Waals surface area contributed by atoms with Gasteiger partial charge >= 0.3 is 0 Å². The minimum Gasteiger partial charge on any atom is -0.308 e. The number of halogens is 1. The summed E-state index contributed by atoms with van der Waals surface area (Å²) in [5.41, 5.74) is 4.24. The number of carbonyl (C=O) groups is 1. The second kappa shape index (κ2) is 6.81. The first-order chi connectivity index (χ1) is 11.9. The Labute approximate surface area is 153 Å². The summed E-state index contributed by atoms with van der Waals surface area (Å²) in [5, 5.41) is 0.617. The topological polar surface area (TPSA) is 35.7 Å². The number of nitrogens with zero attached hydrogens (tertiary/aromatic N) is 3. The zero-order valence-electron chi connectivity index (χ0n) is 14.7. The number of rotatable bonds is 3. The Morgan fingerprint density at radius 2 is 1.92 bits per heavy atom. The maximum Gasteiger partial charge on any atom is 0.248 e. The largest absolute Gasteiger partial charge is 0.308 e. The van der Waals surface area contributed by atoms with Gasteiger partial charge in [-0.1, -0.05) is 29.8 Å². The average molecular weight is 355 g/mol. The van der Waals surface area contributed by atoms with E-state index in [1.54, 1.807) is 9.48 Å². The highest BCUT2D eigenvalue weighted by molar-refractivity contribution is 6.36. The van der Waals surface area contributed by atoms with E-state index in [1.807, 2.05) is 63.4 Å². The van der Waals surface area contributed by atoms with E-state index >= 15 is 0 Å². The van der Waals surface area contributed by atoms with Crippen molar-refractivity contribution >= 4 is 41.3 Å². The molecular weight excluding hydrogens is 334 g/mol. The third-order valence-corrected chi connectivity index (χ3v) is 4.55. The van der Waals surface area contributed by atoms with Gasteiger partial charge in [0.25, 0.3) is 0 Å². The Hall–Kier alpha value is -2.46. The van der Waals surface area contributed by atoms with Crippen molar-refractivity contribution in [2.24, 2.45) is 4.99 Å². The number of benzodiazepines with no additional fused rings is 1. The van der Waals surface area contributed by atoms with Gasteiger partial charge in [-0.3, -0.25) is 9.79 Å². The van der Waals surface area contributed by atoms with Crippen molar-refractivity contribution in [2.75, 3.05) is 18.5 Å². The first kappa shape index (κ1) is 17.4. The Morgan fingerprint density at radius 1 is 1.20 bits per heavy atom. The van der Waals surface area contributed by atoms with Gasteiger partial charge in [0.2, 0.25) is 11.6 Å². The van der Waals surface area contributed by atoms with Gasteiger partial charge in [0.05, 0.1) is 11.4 Å². The van der Waals surface area contributed by atoms with Crippen molar-refractivity contribution in [2.45, 2.75) is 19.9 Å². The van der Waals surface area contributed by atoms with Gasteiger partial charge in [-0.25, -0.2) is 4.58 Å². The van der Waals surface area contributed by atoms with Crippen LogP contribution in [0, 0.1) is 0 Å². The van der Waals surface area contributed by atoms with E-state index in [4.69, 9.17) is 11.6 Å². The molecular formula is C20H21ClN3O+. The fourth-order valence-corrected chi connectivity index (χ4v) is 3.28. The lowest BCUT2D eigenvalue weighted by Gasteiger charge is -2.27. The molecule has 2 aromatic rings. The number of aliphatic imine (C=N–C) groups is 1. The predicted octanol–water partition coefficient (Wildman–Crippen LogP) is 3.91. The number of carbonyl (C=O) groups excluding carboxylic acids is 1. The lowest BCUT2D eigenvalue weighted by Crippen LogP contribution is -2.38. The molecule has 0 spiro atoms. The van der Waals surface area contributed by atoms with Crippen molar-refractivity contribution in [3.8, 4) is 0 Å². The number of fused-ring (bicyclic) bond motifs is 1. The zero-order chi connectivity index (χ0) is 18.1. The van der Waals surface area contributed by atoms with E-state index in [9.17, 15) is 4.79 Å². The molecule has 0 unspecified atom stereocenters. The number of hydrogen-bond acceptors (Lipinski definition) is 2. The van der Waals surface area contributed by atoms with Crippen LogP contribution in [0.4, 0.5) is 11.4 Å². The van der Waals surface area contributed by atoms with E-state index in [0.717, 1.165) is 28.2 Å². The minimum absolute atomic E-state index is 0.0194. The molecule has 128 valence electrons. The van der Waals surface area contributed by atoms with Gasteiger partial charge in [0.15, 0.2) is 0 Å². The summed E-state index contributed by atoms with van der Waals surface area (Å²) >= 11 is 6.41. The predicted molar refractivity (Wildman–Crippen MR) is 104 cm³/mol. The third-order valence-electron chi connectivity index (χ3n) is 4.22. The van der Waals surface area contributed by atoms with Gasteiger partial charge in [0, 0.05) is 34.3 Å². The summed E-state index contributed by atoms with van der Waals surface area (Å²) in [4.78, 5) is 19.1. The van der Waals surface area contributed by atoms with Crippen LogP contribution < -0.4 is 4.90 Å². The summed E-state index contributed by atoms with van der Waals surface area (Å²) in [6.45, 7) is 8.06. The fraction of sp³-hybridized carbons (Fsp3) is 0.250. The highest BCUT2D eigenvalue weighted by Crippen LogP contribution is 2.33. The van der Waals surface area contributed by atoms with Crippen LogP contribution in [0.1, 0.15) is 25.0 Å². The molecule has 1 heterocycles. The lowest BCUT2D eigenvalue weighted by molar-refractivity contribution is -0.394. The molecule has 4 nitrogen and oxygen atoms in total. The van der Waals surface area contributed by atoms with Gasteiger partial charge in [-0.15, -0.1) is 0 Å². The summed E-state index contributed by atoms with van der Waals surface area (Å²) < 4.78 is 1.79. The van der Waals surface area contributed by atoms with Crippen LogP contribution in [0.2, 0.25) is 5.02 Å². The van der Waals surface area contributed by atoms with E-state index in [1.165, 1.54) is 0 Å². The Morgan fingerprint density at radius 3 is 2.56 bits per heavy atom. The van der Waals surface area contributed by atoms with Gasteiger partial charge in [0.1, 0.15) is 20.3 Å². The molecule has 1 amide bonds. The van der Waals surface area contributed by atoms with Gasteiger partial charge in [-0.2, -0.15) is 0 Å². The van der Waals surface area contributed by atoms with Crippen LogP contribution in [0.25, 0.3) is 0 Å². The van der Waals surface area contributed by atoms with Crippen LogP contribution in [0.3, 0.4) is 0 Å². The molecule has 0 N–H and O–H groups in total. The highest BCUT2D eigenvalue weighted by Gasteiger charge is 2.28. The Kier molecular flexibility index (Phi) is 4.73. The second-order valence-corrected chi connectivity index (χ2v) is 6.81. The molecule has 0 radical (unpaired) electrons. The van der Waals surface area contributed by atoms with Crippen molar-refractivity contribution in [3.63, 3.8) is 0 Å². The van der Waals surface area contributed by atoms with Crippen molar-refractivity contribution in [1.82, 2.24) is 0 Å². The smallest absolute Gasteiger partial charge is 0.248 e. The molecule has 1 aliphatic heterocycles. The molecule has 2 aromatic carbocycles.